The molecule has 1 heterocycles. The van der Waals surface area contributed by atoms with Crippen LogP contribution in [0.15, 0.2) is 18.2 Å². The van der Waals surface area contributed by atoms with Crippen LogP contribution in [0.4, 0.5) is 14.9 Å². The van der Waals surface area contributed by atoms with Crippen LogP contribution >= 0.6 is 0 Å². The monoisotopic (exact) mass is 252 g/mol. The molecule has 0 atom stereocenters. The second-order valence-electron chi connectivity index (χ2n) is 5.29. The van der Waals surface area contributed by atoms with E-state index in [9.17, 15) is 9.18 Å². The van der Waals surface area contributed by atoms with Crippen molar-refractivity contribution >= 4 is 11.7 Å². The molecule has 0 aliphatic carbocycles. The molecule has 0 bridgehead atoms. The summed E-state index contributed by atoms with van der Waals surface area (Å²) in [6.45, 7) is 6.53. The molecule has 0 saturated heterocycles. The Balaban J connectivity index is 2.27. The van der Waals surface area contributed by atoms with Crippen LogP contribution in [0.3, 0.4) is 0 Å². The Bertz CT molecular complexity index is 469. The zero-order valence-electron chi connectivity index (χ0n) is 10.8. The summed E-state index contributed by atoms with van der Waals surface area (Å²) in [6, 6.07) is 3.94. The van der Waals surface area contributed by atoms with Crippen molar-refractivity contribution in [3.63, 3.8) is 0 Å². The molecule has 0 radical (unpaired) electrons. The molecule has 1 aliphatic heterocycles. The van der Waals surface area contributed by atoms with Crippen LogP contribution in [-0.2, 0) is 0 Å². The van der Waals surface area contributed by atoms with Crippen LogP contribution in [0.25, 0.3) is 0 Å². The highest BCUT2D eigenvalue weighted by Crippen LogP contribution is 2.32. The molecule has 2 rings (SSSR count). The molecule has 98 valence electrons. The first-order chi connectivity index (χ1) is 8.37. The van der Waals surface area contributed by atoms with E-state index in [-0.39, 0.29) is 17.4 Å². The molecule has 1 aliphatic rings. The fourth-order valence-electron chi connectivity index (χ4n) is 1.79. The Hall–Kier alpha value is -1.78. The summed E-state index contributed by atoms with van der Waals surface area (Å²) in [5.41, 5.74) is 0.145. The van der Waals surface area contributed by atoms with Gasteiger partial charge in [0.05, 0.1) is 12.2 Å². The number of hydrogen-bond donors (Lipinski definition) is 1. The molecular formula is C13H17FN2O2. The van der Waals surface area contributed by atoms with Crippen molar-refractivity contribution in [2.45, 2.75) is 26.3 Å². The molecule has 5 heteroatoms. The molecule has 0 saturated carbocycles. The molecule has 4 nitrogen and oxygen atoms in total. The highest BCUT2D eigenvalue weighted by atomic mass is 19.1. The van der Waals surface area contributed by atoms with E-state index in [0.717, 1.165) is 0 Å². The number of anilines is 1. The van der Waals surface area contributed by atoms with Crippen molar-refractivity contribution in [3.05, 3.63) is 24.0 Å². The van der Waals surface area contributed by atoms with Crippen LogP contribution < -0.4 is 15.0 Å². The summed E-state index contributed by atoms with van der Waals surface area (Å²) < 4.78 is 18.7. The maximum atomic E-state index is 13.3. The second-order valence-corrected chi connectivity index (χ2v) is 5.29. The quantitative estimate of drug-likeness (QED) is 0.771. The number of nitrogens with zero attached hydrogens (tertiary/aromatic N) is 1. The molecule has 18 heavy (non-hydrogen) atoms. The van der Waals surface area contributed by atoms with Gasteiger partial charge >= 0.3 is 6.03 Å². The predicted molar refractivity (Wildman–Crippen MR) is 67.5 cm³/mol. The lowest BCUT2D eigenvalue weighted by molar-refractivity contribution is 0.231. The Kier molecular flexibility index (Phi) is 3.15. The molecular weight excluding hydrogens is 235 g/mol. The maximum Gasteiger partial charge on any atom is 0.322 e. The fraction of sp³-hybridized carbons (Fsp3) is 0.462. The van der Waals surface area contributed by atoms with Gasteiger partial charge in [-0.05, 0) is 32.9 Å². The molecule has 0 spiro atoms. The van der Waals surface area contributed by atoms with Gasteiger partial charge in [0, 0.05) is 11.6 Å². The number of urea groups is 1. The Morgan fingerprint density at radius 2 is 2.17 bits per heavy atom. The number of carbonyl (C=O) groups excluding carboxylic acids is 1. The van der Waals surface area contributed by atoms with Crippen molar-refractivity contribution in [1.29, 1.82) is 0 Å². The lowest BCUT2D eigenvalue weighted by Crippen LogP contribution is -2.50. The summed E-state index contributed by atoms with van der Waals surface area (Å²) in [5, 5.41) is 2.86. The van der Waals surface area contributed by atoms with E-state index in [1.165, 1.54) is 17.0 Å². The average molecular weight is 252 g/mol. The van der Waals surface area contributed by atoms with E-state index in [0.29, 0.717) is 24.6 Å². The Morgan fingerprint density at radius 3 is 2.83 bits per heavy atom. The number of rotatable bonds is 0. The zero-order valence-corrected chi connectivity index (χ0v) is 10.8. The minimum absolute atomic E-state index is 0.238. The lowest BCUT2D eigenvalue weighted by Gasteiger charge is -2.32. The van der Waals surface area contributed by atoms with Gasteiger partial charge in [-0.1, -0.05) is 0 Å². The van der Waals surface area contributed by atoms with E-state index in [4.69, 9.17) is 4.74 Å². The standard InChI is InChI=1S/C13H17FN2O2/c1-13(2,3)15-12(17)16-6-7-18-11-5-4-9(14)8-10(11)16/h4-5,8H,6-7H2,1-3H3,(H,15,17). The van der Waals surface area contributed by atoms with Crippen LogP contribution in [0.1, 0.15) is 20.8 Å². The van der Waals surface area contributed by atoms with E-state index in [1.54, 1.807) is 6.07 Å². The number of hydrogen-bond acceptors (Lipinski definition) is 2. The SMILES string of the molecule is CC(C)(C)NC(=O)N1CCOc2ccc(F)cc21. The van der Waals surface area contributed by atoms with Gasteiger partial charge < -0.3 is 10.1 Å². The van der Waals surface area contributed by atoms with Gasteiger partial charge in [0.15, 0.2) is 0 Å². The van der Waals surface area contributed by atoms with E-state index >= 15 is 0 Å². The molecule has 0 aromatic heterocycles. The molecule has 1 aromatic carbocycles. The van der Waals surface area contributed by atoms with Crippen LogP contribution in [0.5, 0.6) is 5.75 Å². The van der Waals surface area contributed by atoms with Gasteiger partial charge in [0.1, 0.15) is 18.2 Å². The summed E-state index contributed by atoms with van der Waals surface area (Å²) in [6.07, 6.45) is 0. The molecule has 1 aromatic rings. The summed E-state index contributed by atoms with van der Waals surface area (Å²) in [5.74, 6) is 0.152. The molecule has 0 unspecified atom stereocenters. The van der Waals surface area contributed by atoms with E-state index in [1.807, 2.05) is 20.8 Å². The van der Waals surface area contributed by atoms with Crippen molar-refractivity contribution < 1.29 is 13.9 Å². The molecule has 0 fully saturated rings. The number of carbonyl (C=O) groups is 1. The van der Waals surface area contributed by atoms with Gasteiger partial charge in [0.25, 0.3) is 0 Å². The maximum absolute atomic E-state index is 13.3. The number of fused-ring (bicyclic) bond motifs is 1. The van der Waals surface area contributed by atoms with Crippen LogP contribution in [-0.4, -0.2) is 24.7 Å². The molecule has 1 N–H and O–H groups in total. The smallest absolute Gasteiger partial charge is 0.322 e. The Morgan fingerprint density at radius 1 is 1.44 bits per heavy atom. The highest BCUT2D eigenvalue weighted by molar-refractivity contribution is 5.94. The first kappa shape index (κ1) is 12.7. The van der Waals surface area contributed by atoms with Gasteiger partial charge in [-0.3, -0.25) is 4.90 Å². The number of benzene rings is 1. The summed E-state index contributed by atoms with van der Waals surface area (Å²) in [4.78, 5) is 13.6. The fourth-order valence-corrected chi connectivity index (χ4v) is 1.79. The van der Waals surface area contributed by atoms with Gasteiger partial charge in [-0.2, -0.15) is 0 Å². The van der Waals surface area contributed by atoms with Crippen molar-refractivity contribution in [2.75, 3.05) is 18.1 Å². The van der Waals surface area contributed by atoms with Gasteiger partial charge in [-0.15, -0.1) is 0 Å². The lowest BCUT2D eigenvalue weighted by atomic mass is 10.1. The number of halogens is 1. The first-order valence-corrected chi connectivity index (χ1v) is 5.89. The number of nitrogens with one attached hydrogen (secondary N) is 1. The minimum Gasteiger partial charge on any atom is -0.490 e. The number of amides is 2. The summed E-state index contributed by atoms with van der Waals surface area (Å²) in [7, 11) is 0. The average Bonchev–Trinajstić information content (AvgIpc) is 2.25. The topological polar surface area (TPSA) is 41.6 Å². The van der Waals surface area contributed by atoms with Crippen molar-refractivity contribution in [3.8, 4) is 5.75 Å². The normalized spacial score (nSPS) is 14.8. The van der Waals surface area contributed by atoms with Crippen molar-refractivity contribution in [2.24, 2.45) is 0 Å². The molecule has 2 amide bonds. The third-order valence-corrected chi connectivity index (χ3v) is 2.51. The van der Waals surface area contributed by atoms with E-state index in [2.05, 4.69) is 5.32 Å². The third kappa shape index (κ3) is 2.72. The minimum atomic E-state index is -0.382. The van der Waals surface area contributed by atoms with Gasteiger partial charge in [0.2, 0.25) is 0 Å². The third-order valence-electron chi connectivity index (χ3n) is 2.51. The first-order valence-electron chi connectivity index (χ1n) is 5.89. The predicted octanol–water partition coefficient (Wildman–Crippen LogP) is 2.53. The Labute approximate surface area is 106 Å². The highest BCUT2D eigenvalue weighted by Gasteiger charge is 2.26. The van der Waals surface area contributed by atoms with Crippen LogP contribution in [0, 0.1) is 5.82 Å². The largest absolute Gasteiger partial charge is 0.490 e. The van der Waals surface area contributed by atoms with Gasteiger partial charge in [-0.25, -0.2) is 9.18 Å². The zero-order chi connectivity index (χ0) is 13.3. The van der Waals surface area contributed by atoms with Crippen molar-refractivity contribution in [1.82, 2.24) is 5.32 Å². The van der Waals surface area contributed by atoms with E-state index < -0.39 is 0 Å². The summed E-state index contributed by atoms with van der Waals surface area (Å²) >= 11 is 0. The number of ether oxygens (including phenoxy) is 1. The van der Waals surface area contributed by atoms with Crippen LogP contribution in [0.2, 0.25) is 0 Å². The second kappa shape index (κ2) is 4.48.